The topological polar surface area (TPSA) is 75.7 Å². The molecule has 0 saturated heterocycles. The zero-order chi connectivity index (χ0) is 20.9. The van der Waals surface area contributed by atoms with Gasteiger partial charge in [-0.2, -0.15) is 0 Å². The zero-order valence-electron chi connectivity index (χ0n) is 17.0. The average molecular weight is 405 g/mol. The van der Waals surface area contributed by atoms with Crippen LogP contribution in [0.25, 0.3) is 0 Å². The van der Waals surface area contributed by atoms with E-state index in [1.54, 1.807) is 12.1 Å². The van der Waals surface area contributed by atoms with Crippen LogP contribution < -0.4 is 14.4 Å². The van der Waals surface area contributed by atoms with E-state index in [1.807, 2.05) is 58.0 Å². The molecule has 0 aliphatic rings. The second kappa shape index (κ2) is 9.10. The number of hydrogen-bond donors (Lipinski definition) is 1. The summed E-state index contributed by atoms with van der Waals surface area (Å²) in [4.78, 5) is 12.5. The molecule has 6 nitrogen and oxygen atoms in total. The number of aryl methyl sites for hydroxylation is 3. The van der Waals surface area contributed by atoms with Crippen LogP contribution in [-0.2, 0) is 14.8 Å². The Morgan fingerprint density at radius 2 is 1.71 bits per heavy atom. The zero-order valence-corrected chi connectivity index (χ0v) is 17.8. The molecular weight excluding hydrogens is 376 g/mol. The molecule has 1 atom stereocenters. The van der Waals surface area contributed by atoms with Gasteiger partial charge in [-0.15, -0.1) is 0 Å². The summed E-state index contributed by atoms with van der Waals surface area (Å²) in [6, 6.07) is 12.8. The van der Waals surface area contributed by atoms with Crippen LogP contribution in [0.4, 0.5) is 5.69 Å². The number of anilines is 1. The fraction of sp³-hybridized carbons (Fsp3) is 0.381. The van der Waals surface area contributed by atoms with Crippen molar-refractivity contribution in [3.8, 4) is 5.75 Å². The van der Waals surface area contributed by atoms with Gasteiger partial charge in [0.15, 0.2) is 0 Å². The first-order chi connectivity index (χ1) is 13.1. The predicted molar refractivity (Wildman–Crippen MR) is 112 cm³/mol. The van der Waals surface area contributed by atoms with Crippen LogP contribution in [0.1, 0.15) is 23.6 Å². The first-order valence-corrected chi connectivity index (χ1v) is 10.9. The smallest absolute Gasteiger partial charge is 0.241 e. The Bertz CT molecular complexity index is 921. The molecule has 1 unspecified atom stereocenters. The number of amides is 1. The predicted octanol–water partition coefficient (Wildman–Crippen LogP) is 2.96. The molecule has 2 rings (SSSR count). The summed E-state index contributed by atoms with van der Waals surface area (Å²) in [5, 5.41) is 2.80. The Morgan fingerprint density at radius 1 is 1.11 bits per heavy atom. The molecule has 1 amide bonds. The first-order valence-electron chi connectivity index (χ1n) is 9.10. The van der Waals surface area contributed by atoms with E-state index in [1.165, 1.54) is 0 Å². The van der Waals surface area contributed by atoms with Crippen molar-refractivity contribution in [2.45, 2.75) is 33.7 Å². The molecule has 2 aromatic carbocycles. The highest BCUT2D eigenvalue weighted by atomic mass is 32.2. The van der Waals surface area contributed by atoms with Gasteiger partial charge in [0.05, 0.1) is 18.0 Å². The van der Waals surface area contributed by atoms with E-state index >= 15 is 0 Å². The van der Waals surface area contributed by atoms with E-state index in [4.69, 9.17) is 4.74 Å². The molecule has 0 spiro atoms. The van der Waals surface area contributed by atoms with Gasteiger partial charge in [0.2, 0.25) is 15.9 Å². The summed E-state index contributed by atoms with van der Waals surface area (Å²) < 4.78 is 31.4. The molecule has 7 heteroatoms. The van der Waals surface area contributed by atoms with E-state index in [0.717, 1.165) is 33.0 Å². The Balaban J connectivity index is 2.02. The quantitative estimate of drug-likeness (QED) is 0.734. The van der Waals surface area contributed by atoms with E-state index in [9.17, 15) is 13.2 Å². The summed E-state index contributed by atoms with van der Waals surface area (Å²) in [6.07, 6.45) is 1.10. The molecule has 0 radical (unpaired) electrons. The number of benzene rings is 2. The Morgan fingerprint density at radius 3 is 2.29 bits per heavy atom. The first kappa shape index (κ1) is 21.8. The van der Waals surface area contributed by atoms with E-state index in [0.29, 0.717) is 12.3 Å². The highest BCUT2D eigenvalue weighted by molar-refractivity contribution is 7.92. The molecule has 2 aromatic rings. The van der Waals surface area contributed by atoms with Gasteiger partial charge in [-0.3, -0.25) is 9.10 Å². The lowest BCUT2D eigenvalue weighted by molar-refractivity contribution is -0.120. The molecule has 0 heterocycles. The van der Waals surface area contributed by atoms with E-state index in [-0.39, 0.29) is 18.5 Å². The van der Waals surface area contributed by atoms with Crippen molar-refractivity contribution in [2.75, 3.05) is 23.7 Å². The second-order valence-corrected chi connectivity index (χ2v) is 9.07. The number of hydrogen-bond acceptors (Lipinski definition) is 4. The lowest BCUT2D eigenvalue weighted by Crippen LogP contribution is -2.45. The number of para-hydroxylation sites is 1. The van der Waals surface area contributed by atoms with Crippen LogP contribution in [0.15, 0.2) is 42.5 Å². The second-order valence-electron chi connectivity index (χ2n) is 7.16. The maximum Gasteiger partial charge on any atom is 0.241 e. The lowest BCUT2D eigenvalue weighted by Gasteiger charge is -2.24. The summed E-state index contributed by atoms with van der Waals surface area (Å²) in [6.45, 7) is 7.56. The third kappa shape index (κ3) is 6.27. The Labute approximate surface area is 167 Å². The van der Waals surface area contributed by atoms with Gasteiger partial charge >= 0.3 is 0 Å². The standard InChI is InChI=1S/C21H28N2O4S/c1-15-10-16(2)12-19(11-15)23(28(5,25)26)13-21(24)22-18(4)14-27-20-9-7-6-8-17(20)3/h6-12,18H,13-14H2,1-5H3,(H,22,24). The highest BCUT2D eigenvalue weighted by Gasteiger charge is 2.22. The molecule has 0 bridgehead atoms. The third-order valence-electron chi connectivity index (χ3n) is 4.17. The normalized spacial score (nSPS) is 12.3. The molecule has 1 N–H and O–H groups in total. The van der Waals surface area contributed by atoms with Gasteiger partial charge in [0, 0.05) is 0 Å². The largest absolute Gasteiger partial charge is 0.491 e. The summed E-state index contributed by atoms with van der Waals surface area (Å²) in [5.74, 6) is 0.377. The number of carbonyl (C=O) groups excluding carboxylic acids is 1. The van der Waals surface area contributed by atoms with Gasteiger partial charge < -0.3 is 10.1 Å². The maximum absolute atomic E-state index is 12.5. The van der Waals surface area contributed by atoms with Crippen LogP contribution in [0.5, 0.6) is 5.75 Å². The fourth-order valence-electron chi connectivity index (χ4n) is 2.92. The summed E-state index contributed by atoms with van der Waals surface area (Å²) >= 11 is 0. The van der Waals surface area contributed by atoms with Gasteiger partial charge in [0.1, 0.15) is 18.9 Å². The minimum absolute atomic E-state index is 0.271. The molecular formula is C21H28N2O4S. The summed E-state index contributed by atoms with van der Waals surface area (Å²) in [7, 11) is -3.60. The molecule has 0 saturated carbocycles. The number of nitrogens with one attached hydrogen (secondary N) is 1. The van der Waals surface area contributed by atoms with Crippen molar-refractivity contribution < 1.29 is 17.9 Å². The molecule has 0 fully saturated rings. The van der Waals surface area contributed by atoms with Crippen LogP contribution >= 0.6 is 0 Å². The number of sulfonamides is 1. The van der Waals surface area contributed by atoms with Crippen LogP contribution in [-0.4, -0.2) is 39.8 Å². The fourth-order valence-corrected chi connectivity index (χ4v) is 3.76. The monoisotopic (exact) mass is 404 g/mol. The molecule has 0 aliphatic carbocycles. The number of rotatable bonds is 8. The van der Waals surface area contributed by atoms with Crippen molar-refractivity contribution in [3.63, 3.8) is 0 Å². The van der Waals surface area contributed by atoms with Crippen molar-refractivity contribution in [1.82, 2.24) is 5.32 Å². The Kier molecular flexibility index (Phi) is 7.07. The number of ether oxygens (including phenoxy) is 1. The van der Waals surface area contributed by atoms with Gasteiger partial charge in [-0.25, -0.2) is 8.42 Å². The molecule has 28 heavy (non-hydrogen) atoms. The number of nitrogens with zero attached hydrogens (tertiary/aromatic N) is 1. The van der Waals surface area contributed by atoms with Crippen molar-refractivity contribution >= 4 is 21.6 Å². The summed E-state index contributed by atoms with van der Waals surface area (Å²) in [5.41, 5.74) is 3.37. The van der Waals surface area contributed by atoms with Crippen molar-refractivity contribution in [2.24, 2.45) is 0 Å². The molecule has 0 aromatic heterocycles. The van der Waals surface area contributed by atoms with Crippen molar-refractivity contribution in [1.29, 1.82) is 0 Å². The van der Waals surface area contributed by atoms with Gasteiger partial charge in [-0.05, 0) is 62.6 Å². The van der Waals surface area contributed by atoms with Gasteiger partial charge in [0.25, 0.3) is 0 Å². The minimum Gasteiger partial charge on any atom is -0.491 e. The highest BCUT2D eigenvalue weighted by Crippen LogP contribution is 2.21. The van der Waals surface area contributed by atoms with E-state index in [2.05, 4.69) is 5.32 Å². The minimum atomic E-state index is -3.60. The van der Waals surface area contributed by atoms with Crippen molar-refractivity contribution in [3.05, 3.63) is 59.2 Å². The lowest BCUT2D eigenvalue weighted by atomic mass is 10.1. The van der Waals surface area contributed by atoms with E-state index < -0.39 is 10.0 Å². The van der Waals surface area contributed by atoms with Crippen LogP contribution in [0.3, 0.4) is 0 Å². The Hall–Kier alpha value is -2.54. The number of carbonyl (C=O) groups is 1. The maximum atomic E-state index is 12.5. The van der Waals surface area contributed by atoms with Gasteiger partial charge in [-0.1, -0.05) is 24.3 Å². The molecule has 152 valence electrons. The van der Waals surface area contributed by atoms with Crippen LogP contribution in [0.2, 0.25) is 0 Å². The SMILES string of the molecule is Cc1cc(C)cc(N(CC(=O)NC(C)COc2ccccc2C)S(C)(=O)=O)c1. The molecule has 0 aliphatic heterocycles. The third-order valence-corrected chi connectivity index (χ3v) is 5.31. The average Bonchev–Trinajstić information content (AvgIpc) is 2.57. The van der Waals surface area contributed by atoms with Crippen LogP contribution in [0, 0.1) is 20.8 Å².